The van der Waals surface area contributed by atoms with Gasteiger partial charge in [-0.2, -0.15) is 0 Å². The molecule has 0 aliphatic carbocycles. The van der Waals surface area contributed by atoms with Gasteiger partial charge in [0, 0.05) is 31.1 Å². The molecule has 0 saturated carbocycles. The van der Waals surface area contributed by atoms with Gasteiger partial charge >= 0.3 is 0 Å². The van der Waals surface area contributed by atoms with Crippen LogP contribution in [0.5, 0.6) is 0 Å². The fourth-order valence-electron chi connectivity index (χ4n) is 3.33. The van der Waals surface area contributed by atoms with E-state index in [1.165, 1.54) is 38.5 Å². The first-order valence-electron chi connectivity index (χ1n) is 7.52. The molecule has 2 unspecified atom stereocenters. The Labute approximate surface area is 116 Å². The second-order valence-electron chi connectivity index (χ2n) is 6.06. The standard InChI is InChI=1S/C15H27ClO2/c1-13-15(12-16,8-11-18-13)7-3-2-4-14-5-9-17-10-6-14/h13-14H,2-12H2,1H3. The molecule has 18 heavy (non-hydrogen) atoms. The van der Waals surface area contributed by atoms with Crippen molar-refractivity contribution in [3.63, 3.8) is 0 Å². The quantitative estimate of drug-likeness (QED) is 0.538. The number of rotatable bonds is 6. The van der Waals surface area contributed by atoms with Crippen LogP contribution in [0.3, 0.4) is 0 Å². The number of hydrogen-bond donors (Lipinski definition) is 0. The second kappa shape index (κ2) is 7.12. The largest absolute Gasteiger partial charge is 0.381 e. The van der Waals surface area contributed by atoms with Crippen molar-refractivity contribution in [3.8, 4) is 0 Å². The van der Waals surface area contributed by atoms with E-state index in [2.05, 4.69) is 6.92 Å². The van der Waals surface area contributed by atoms with Crippen LogP contribution < -0.4 is 0 Å². The Hall–Kier alpha value is 0.210. The molecule has 0 N–H and O–H groups in total. The lowest BCUT2D eigenvalue weighted by atomic mass is 9.78. The van der Waals surface area contributed by atoms with Crippen LogP contribution in [0.25, 0.3) is 0 Å². The fraction of sp³-hybridized carbons (Fsp3) is 1.00. The normalized spacial score (nSPS) is 34.0. The van der Waals surface area contributed by atoms with Gasteiger partial charge in [-0.25, -0.2) is 0 Å². The minimum Gasteiger partial charge on any atom is -0.381 e. The van der Waals surface area contributed by atoms with Crippen molar-refractivity contribution in [1.29, 1.82) is 0 Å². The SMILES string of the molecule is CC1OCCC1(CCl)CCCCC1CCOCC1. The van der Waals surface area contributed by atoms with Crippen molar-refractivity contribution in [2.45, 2.75) is 58.0 Å². The van der Waals surface area contributed by atoms with Crippen molar-refractivity contribution < 1.29 is 9.47 Å². The molecule has 2 heterocycles. The van der Waals surface area contributed by atoms with E-state index in [1.54, 1.807) is 0 Å². The molecule has 2 aliphatic heterocycles. The number of unbranched alkanes of at least 4 members (excludes halogenated alkanes) is 1. The molecule has 0 aromatic carbocycles. The van der Waals surface area contributed by atoms with Crippen molar-refractivity contribution in [2.75, 3.05) is 25.7 Å². The third-order valence-electron chi connectivity index (χ3n) is 4.97. The minimum atomic E-state index is 0.261. The lowest BCUT2D eigenvalue weighted by Gasteiger charge is -2.30. The first kappa shape index (κ1) is 14.6. The van der Waals surface area contributed by atoms with Crippen LogP contribution in [0.4, 0.5) is 0 Å². The maximum atomic E-state index is 6.19. The number of halogens is 1. The van der Waals surface area contributed by atoms with E-state index in [4.69, 9.17) is 21.1 Å². The summed E-state index contributed by atoms with van der Waals surface area (Å²) in [5.74, 6) is 1.66. The van der Waals surface area contributed by atoms with Crippen LogP contribution in [0.15, 0.2) is 0 Å². The van der Waals surface area contributed by atoms with E-state index in [1.807, 2.05) is 0 Å². The van der Waals surface area contributed by atoms with Gasteiger partial charge in [0.05, 0.1) is 6.10 Å². The van der Waals surface area contributed by atoms with E-state index in [9.17, 15) is 0 Å². The maximum Gasteiger partial charge on any atom is 0.0615 e. The molecule has 3 heteroatoms. The highest BCUT2D eigenvalue weighted by Crippen LogP contribution is 2.41. The van der Waals surface area contributed by atoms with Crippen LogP contribution >= 0.6 is 11.6 Å². The van der Waals surface area contributed by atoms with Gasteiger partial charge in [-0.15, -0.1) is 11.6 Å². The highest BCUT2D eigenvalue weighted by Gasteiger charge is 2.40. The summed E-state index contributed by atoms with van der Waals surface area (Å²) in [6, 6.07) is 0. The molecule has 0 amide bonds. The van der Waals surface area contributed by atoms with Crippen molar-refractivity contribution >= 4 is 11.6 Å². The molecule has 2 rings (SSSR count). The molecule has 0 spiro atoms. The minimum absolute atomic E-state index is 0.261. The molecule has 0 aromatic rings. The molecule has 2 atom stereocenters. The zero-order valence-electron chi connectivity index (χ0n) is 11.6. The highest BCUT2D eigenvalue weighted by atomic mass is 35.5. The summed E-state index contributed by atoms with van der Waals surface area (Å²) in [6.07, 6.45) is 9.28. The summed E-state index contributed by atoms with van der Waals surface area (Å²) in [5.41, 5.74) is 0.261. The van der Waals surface area contributed by atoms with Crippen LogP contribution in [-0.4, -0.2) is 31.8 Å². The van der Waals surface area contributed by atoms with Crippen molar-refractivity contribution in [1.82, 2.24) is 0 Å². The van der Waals surface area contributed by atoms with Gasteiger partial charge in [0.25, 0.3) is 0 Å². The Kier molecular flexibility index (Phi) is 5.78. The molecule has 0 radical (unpaired) electrons. The summed E-state index contributed by atoms with van der Waals surface area (Å²) in [7, 11) is 0. The van der Waals surface area contributed by atoms with E-state index in [0.717, 1.165) is 38.0 Å². The van der Waals surface area contributed by atoms with Crippen LogP contribution in [0, 0.1) is 11.3 Å². The molecule has 2 nitrogen and oxygen atoms in total. The zero-order valence-corrected chi connectivity index (χ0v) is 12.4. The van der Waals surface area contributed by atoms with E-state index in [-0.39, 0.29) is 5.41 Å². The number of hydrogen-bond acceptors (Lipinski definition) is 2. The number of ether oxygens (including phenoxy) is 2. The Morgan fingerprint density at radius 1 is 1.17 bits per heavy atom. The van der Waals surface area contributed by atoms with Crippen molar-refractivity contribution in [2.24, 2.45) is 11.3 Å². The molecular weight excluding hydrogens is 248 g/mol. The summed E-state index contributed by atoms with van der Waals surface area (Å²) in [4.78, 5) is 0. The van der Waals surface area contributed by atoms with E-state index >= 15 is 0 Å². The summed E-state index contributed by atoms with van der Waals surface area (Å²) < 4.78 is 11.1. The lowest BCUT2D eigenvalue weighted by Crippen LogP contribution is -2.30. The Morgan fingerprint density at radius 2 is 1.94 bits per heavy atom. The zero-order chi connectivity index (χ0) is 12.8. The molecular formula is C15H27ClO2. The van der Waals surface area contributed by atoms with Gasteiger partial charge in [0.15, 0.2) is 0 Å². The van der Waals surface area contributed by atoms with E-state index in [0.29, 0.717) is 6.10 Å². The second-order valence-corrected chi connectivity index (χ2v) is 6.33. The summed E-state index contributed by atoms with van der Waals surface area (Å²) >= 11 is 6.19. The van der Waals surface area contributed by atoms with Gasteiger partial charge in [-0.05, 0) is 38.5 Å². The maximum absolute atomic E-state index is 6.19. The first-order chi connectivity index (χ1) is 8.77. The molecule has 2 aliphatic rings. The topological polar surface area (TPSA) is 18.5 Å². The Bertz CT molecular complexity index is 241. The van der Waals surface area contributed by atoms with Crippen molar-refractivity contribution in [3.05, 3.63) is 0 Å². The monoisotopic (exact) mass is 274 g/mol. The van der Waals surface area contributed by atoms with Gasteiger partial charge in [0.2, 0.25) is 0 Å². The van der Waals surface area contributed by atoms with Gasteiger partial charge in [-0.3, -0.25) is 0 Å². The summed E-state index contributed by atoms with van der Waals surface area (Å²) in [6.45, 7) is 5.03. The number of alkyl halides is 1. The smallest absolute Gasteiger partial charge is 0.0615 e. The molecule has 2 fully saturated rings. The molecule has 0 aromatic heterocycles. The third kappa shape index (κ3) is 3.61. The van der Waals surface area contributed by atoms with Gasteiger partial charge < -0.3 is 9.47 Å². The average Bonchev–Trinajstić information content (AvgIpc) is 2.78. The first-order valence-corrected chi connectivity index (χ1v) is 8.05. The van der Waals surface area contributed by atoms with E-state index < -0.39 is 0 Å². The van der Waals surface area contributed by atoms with Crippen LogP contribution in [0.1, 0.15) is 51.9 Å². The fourth-order valence-corrected chi connectivity index (χ4v) is 3.82. The van der Waals surface area contributed by atoms with Crippen LogP contribution in [0.2, 0.25) is 0 Å². The molecule has 106 valence electrons. The third-order valence-corrected chi connectivity index (χ3v) is 5.51. The predicted molar refractivity (Wildman–Crippen MR) is 75.2 cm³/mol. The summed E-state index contributed by atoms with van der Waals surface area (Å²) in [5, 5.41) is 0. The predicted octanol–water partition coefficient (Wildman–Crippen LogP) is 4.01. The molecule has 0 bridgehead atoms. The Balaban J connectivity index is 1.64. The Morgan fingerprint density at radius 3 is 2.56 bits per heavy atom. The highest BCUT2D eigenvalue weighted by molar-refractivity contribution is 6.18. The van der Waals surface area contributed by atoms with Crippen LogP contribution in [-0.2, 0) is 9.47 Å². The average molecular weight is 275 g/mol. The lowest BCUT2D eigenvalue weighted by molar-refractivity contribution is 0.0597. The van der Waals surface area contributed by atoms with Gasteiger partial charge in [0.1, 0.15) is 0 Å². The molecule has 2 saturated heterocycles. The van der Waals surface area contributed by atoms with Gasteiger partial charge in [-0.1, -0.05) is 19.3 Å².